The van der Waals surface area contributed by atoms with Crippen LogP contribution in [0.2, 0.25) is 0 Å². The maximum Gasteiger partial charge on any atom is 0.325 e. The molecule has 0 aliphatic heterocycles. The number of carbonyl (C=O) groups is 2. The normalized spacial score (nSPS) is 11.0. The fourth-order valence-corrected chi connectivity index (χ4v) is 2.47. The van der Waals surface area contributed by atoms with Crippen LogP contribution in [0.5, 0.6) is 0 Å². The molecular weight excluding hydrogens is 328 g/mol. The molecule has 0 fully saturated rings. The summed E-state index contributed by atoms with van der Waals surface area (Å²) in [6.45, 7) is 5.99. The Morgan fingerprint density at radius 3 is 2.15 bits per heavy atom. The molecule has 0 aliphatic rings. The topological polar surface area (TPSA) is 58.6 Å². The highest BCUT2D eigenvalue weighted by molar-refractivity contribution is 5.95. The number of esters is 1. The molecule has 2 aromatic carbocycles. The van der Waals surface area contributed by atoms with Gasteiger partial charge in [0, 0.05) is 5.69 Å². The van der Waals surface area contributed by atoms with E-state index < -0.39 is 5.54 Å². The van der Waals surface area contributed by atoms with Gasteiger partial charge < -0.3 is 9.64 Å². The highest BCUT2D eigenvalue weighted by Gasteiger charge is 2.30. The minimum absolute atomic E-state index is 0.0353. The van der Waals surface area contributed by atoms with Crippen LogP contribution in [0.15, 0.2) is 60.7 Å². The molecule has 0 saturated heterocycles. The molecular formula is C21H26N2O3. The third-order valence-electron chi connectivity index (χ3n) is 4.02. The summed E-state index contributed by atoms with van der Waals surface area (Å²) in [6.07, 6.45) is 0. The number of nitrogens with one attached hydrogen (secondary N) is 1. The van der Waals surface area contributed by atoms with E-state index in [4.69, 9.17) is 4.74 Å². The van der Waals surface area contributed by atoms with Crippen molar-refractivity contribution in [1.29, 1.82) is 0 Å². The SMILES string of the molecule is CCOC(=O)C(C)(C)NCC(=O)N(Cc1ccccc1)c1ccccc1. The number of para-hydroxylation sites is 1. The Morgan fingerprint density at radius 1 is 1.00 bits per heavy atom. The second-order valence-electron chi connectivity index (χ2n) is 6.50. The predicted molar refractivity (Wildman–Crippen MR) is 103 cm³/mol. The lowest BCUT2D eigenvalue weighted by atomic mass is 10.1. The first-order valence-electron chi connectivity index (χ1n) is 8.75. The van der Waals surface area contributed by atoms with Crippen molar-refractivity contribution in [2.24, 2.45) is 0 Å². The van der Waals surface area contributed by atoms with Gasteiger partial charge in [-0.2, -0.15) is 0 Å². The third kappa shape index (κ3) is 5.43. The van der Waals surface area contributed by atoms with Gasteiger partial charge in [0.2, 0.25) is 5.91 Å². The first-order chi connectivity index (χ1) is 12.4. The first-order valence-corrected chi connectivity index (χ1v) is 8.75. The van der Waals surface area contributed by atoms with Gasteiger partial charge in [-0.15, -0.1) is 0 Å². The van der Waals surface area contributed by atoms with E-state index >= 15 is 0 Å². The van der Waals surface area contributed by atoms with Crippen LogP contribution in [-0.4, -0.2) is 30.6 Å². The van der Waals surface area contributed by atoms with Crippen molar-refractivity contribution in [1.82, 2.24) is 5.32 Å². The molecule has 0 spiro atoms. The molecule has 1 amide bonds. The van der Waals surface area contributed by atoms with E-state index in [-0.39, 0.29) is 18.4 Å². The third-order valence-corrected chi connectivity index (χ3v) is 4.02. The summed E-state index contributed by atoms with van der Waals surface area (Å²) < 4.78 is 5.05. The number of benzene rings is 2. The van der Waals surface area contributed by atoms with Gasteiger partial charge in [0.1, 0.15) is 5.54 Å². The molecule has 0 aliphatic carbocycles. The molecule has 0 bridgehead atoms. The van der Waals surface area contributed by atoms with Gasteiger partial charge in [0.15, 0.2) is 0 Å². The molecule has 2 rings (SSSR count). The molecule has 5 heteroatoms. The van der Waals surface area contributed by atoms with Crippen molar-refractivity contribution in [3.63, 3.8) is 0 Å². The van der Waals surface area contributed by atoms with E-state index in [9.17, 15) is 9.59 Å². The summed E-state index contributed by atoms with van der Waals surface area (Å²) in [4.78, 5) is 26.6. The number of anilines is 1. The fraction of sp³-hybridized carbons (Fsp3) is 0.333. The first kappa shape index (κ1) is 19.7. The van der Waals surface area contributed by atoms with E-state index in [1.54, 1.807) is 25.7 Å². The van der Waals surface area contributed by atoms with Gasteiger partial charge in [0.25, 0.3) is 0 Å². The van der Waals surface area contributed by atoms with Crippen molar-refractivity contribution < 1.29 is 14.3 Å². The Bertz CT molecular complexity index is 715. The molecule has 1 N–H and O–H groups in total. The summed E-state index contributed by atoms with van der Waals surface area (Å²) in [5, 5.41) is 3.01. The lowest BCUT2D eigenvalue weighted by molar-refractivity contribution is -0.149. The summed E-state index contributed by atoms with van der Waals surface area (Å²) in [5.74, 6) is -0.487. The molecule has 0 heterocycles. The predicted octanol–water partition coefficient (Wildman–Crippen LogP) is 3.15. The Kier molecular flexibility index (Phi) is 6.92. The van der Waals surface area contributed by atoms with Gasteiger partial charge in [-0.1, -0.05) is 48.5 Å². The van der Waals surface area contributed by atoms with Crippen LogP contribution in [0.25, 0.3) is 0 Å². The number of hydrogen-bond acceptors (Lipinski definition) is 4. The zero-order valence-corrected chi connectivity index (χ0v) is 15.6. The second-order valence-corrected chi connectivity index (χ2v) is 6.50. The van der Waals surface area contributed by atoms with Crippen LogP contribution < -0.4 is 10.2 Å². The number of ether oxygens (including phenoxy) is 1. The van der Waals surface area contributed by atoms with Crippen LogP contribution in [-0.2, 0) is 20.9 Å². The molecule has 138 valence electrons. The van der Waals surface area contributed by atoms with Gasteiger partial charge >= 0.3 is 5.97 Å². The average Bonchev–Trinajstić information content (AvgIpc) is 2.66. The standard InChI is InChI=1S/C21H26N2O3/c1-4-26-20(25)21(2,3)22-15-19(24)23(18-13-9-6-10-14-18)16-17-11-7-5-8-12-17/h5-14,22H,4,15-16H2,1-3H3. The highest BCUT2D eigenvalue weighted by atomic mass is 16.5. The number of rotatable bonds is 8. The molecule has 5 nitrogen and oxygen atoms in total. The van der Waals surface area contributed by atoms with Crippen molar-refractivity contribution >= 4 is 17.6 Å². The maximum atomic E-state index is 12.9. The molecule has 0 atom stereocenters. The van der Waals surface area contributed by atoms with Crippen LogP contribution in [0.3, 0.4) is 0 Å². The van der Waals surface area contributed by atoms with Gasteiger partial charge in [-0.05, 0) is 38.5 Å². The Balaban J connectivity index is 2.12. The van der Waals surface area contributed by atoms with Crippen molar-refractivity contribution in [2.45, 2.75) is 32.9 Å². The van der Waals surface area contributed by atoms with Crippen molar-refractivity contribution in [2.75, 3.05) is 18.1 Å². The maximum absolute atomic E-state index is 12.9. The molecule has 0 saturated carbocycles. The lowest BCUT2D eigenvalue weighted by Crippen LogP contribution is -2.51. The van der Waals surface area contributed by atoms with Crippen molar-refractivity contribution in [3.05, 3.63) is 66.2 Å². The monoisotopic (exact) mass is 354 g/mol. The number of hydrogen-bond donors (Lipinski definition) is 1. The van der Waals surface area contributed by atoms with E-state index in [1.165, 1.54) is 0 Å². The zero-order valence-electron chi connectivity index (χ0n) is 15.6. The summed E-state index contributed by atoms with van der Waals surface area (Å²) in [6, 6.07) is 19.3. The van der Waals surface area contributed by atoms with Gasteiger partial charge in [-0.3, -0.25) is 14.9 Å². The molecule has 0 radical (unpaired) electrons. The van der Waals surface area contributed by atoms with E-state index in [1.807, 2.05) is 60.7 Å². The fourth-order valence-electron chi connectivity index (χ4n) is 2.47. The Morgan fingerprint density at radius 2 is 1.58 bits per heavy atom. The van der Waals surface area contributed by atoms with Crippen LogP contribution in [0, 0.1) is 0 Å². The summed E-state index contributed by atoms with van der Waals surface area (Å²) >= 11 is 0. The minimum Gasteiger partial charge on any atom is -0.465 e. The van der Waals surface area contributed by atoms with E-state index in [0.29, 0.717) is 13.2 Å². The van der Waals surface area contributed by atoms with Crippen molar-refractivity contribution in [3.8, 4) is 0 Å². The van der Waals surface area contributed by atoms with E-state index in [2.05, 4.69) is 5.32 Å². The number of carbonyl (C=O) groups excluding carboxylic acids is 2. The quantitative estimate of drug-likeness (QED) is 0.740. The Hall–Kier alpha value is -2.66. The number of amides is 1. The summed E-state index contributed by atoms with van der Waals surface area (Å²) in [5.41, 5.74) is 0.923. The van der Waals surface area contributed by atoms with Gasteiger partial charge in [-0.25, -0.2) is 0 Å². The lowest BCUT2D eigenvalue weighted by Gasteiger charge is -2.27. The minimum atomic E-state index is -0.930. The summed E-state index contributed by atoms with van der Waals surface area (Å²) in [7, 11) is 0. The second kappa shape index (κ2) is 9.15. The highest BCUT2D eigenvalue weighted by Crippen LogP contribution is 2.17. The van der Waals surface area contributed by atoms with Crippen LogP contribution >= 0.6 is 0 Å². The zero-order chi connectivity index (χ0) is 19.0. The average molecular weight is 354 g/mol. The molecule has 0 unspecified atom stereocenters. The number of nitrogens with zero attached hydrogens (tertiary/aromatic N) is 1. The molecule has 26 heavy (non-hydrogen) atoms. The molecule has 0 aromatic heterocycles. The molecule has 2 aromatic rings. The van der Waals surface area contributed by atoms with Crippen LogP contribution in [0.4, 0.5) is 5.69 Å². The smallest absolute Gasteiger partial charge is 0.325 e. The Labute approximate surface area is 155 Å². The van der Waals surface area contributed by atoms with E-state index in [0.717, 1.165) is 11.3 Å². The van der Waals surface area contributed by atoms with Crippen LogP contribution in [0.1, 0.15) is 26.3 Å². The largest absolute Gasteiger partial charge is 0.465 e. The van der Waals surface area contributed by atoms with Gasteiger partial charge in [0.05, 0.1) is 19.7 Å².